The molecule has 0 aliphatic rings. The van der Waals surface area contributed by atoms with Crippen LogP contribution in [0, 0.1) is 0 Å². The lowest BCUT2D eigenvalue weighted by Crippen LogP contribution is -2.00. The Hall–Kier alpha value is -1.03. The number of hydrogen-bond acceptors (Lipinski definition) is 2. The molecular weight excluding hydrogens is 168 g/mol. The van der Waals surface area contributed by atoms with Crippen molar-refractivity contribution in [2.24, 2.45) is 0 Å². The van der Waals surface area contributed by atoms with Crippen molar-refractivity contribution in [3.05, 3.63) is 16.4 Å². The number of aromatic carboxylic acids is 1. The van der Waals surface area contributed by atoms with Crippen molar-refractivity contribution in [2.45, 2.75) is 13.3 Å². The molecule has 0 amide bonds. The quantitative estimate of drug-likeness (QED) is 0.711. The van der Waals surface area contributed by atoms with E-state index in [0.717, 1.165) is 0 Å². The van der Waals surface area contributed by atoms with Crippen LogP contribution in [0.25, 0.3) is 0 Å². The maximum Gasteiger partial charge on any atom is 0.356 e. The van der Waals surface area contributed by atoms with Gasteiger partial charge in [-0.05, 0) is 6.42 Å². The third kappa shape index (κ3) is 1.35. The zero-order chi connectivity index (χ0) is 8.43. The van der Waals surface area contributed by atoms with Crippen LogP contribution in [0.2, 0.25) is 5.15 Å². The highest BCUT2D eigenvalue weighted by atomic mass is 35.5. The van der Waals surface area contributed by atoms with E-state index >= 15 is 0 Å². The monoisotopic (exact) mass is 174 g/mol. The zero-order valence-corrected chi connectivity index (χ0v) is 6.64. The maximum absolute atomic E-state index is 10.5. The molecule has 0 saturated heterocycles. The smallest absolute Gasteiger partial charge is 0.356 e. The molecule has 0 radical (unpaired) electrons. The van der Waals surface area contributed by atoms with E-state index in [0.29, 0.717) is 17.1 Å². The molecule has 5 heteroatoms. The Morgan fingerprint density at radius 3 is 2.82 bits per heavy atom. The average Bonchev–Trinajstić information content (AvgIpc) is 2.30. The van der Waals surface area contributed by atoms with Crippen molar-refractivity contribution < 1.29 is 9.90 Å². The molecule has 2 N–H and O–H groups in total. The van der Waals surface area contributed by atoms with Crippen LogP contribution in [0.1, 0.15) is 23.0 Å². The number of nitrogens with zero attached hydrogens (tertiary/aromatic N) is 1. The molecule has 1 heterocycles. The fraction of sp³-hybridized carbons (Fsp3) is 0.333. The summed E-state index contributed by atoms with van der Waals surface area (Å²) in [5, 5.41) is 14.8. The highest BCUT2D eigenvalue weighted by molar-refractivity contribution is 6.30. The third-order valence-corrected chi connectivity index (χ3v) is 1.69. The molecule has 0 aliphatic heterocycles. The van der Waals surface area contributed by atoms with Crippen LogP contribution < -0.4 is 0 Å². The molecule has 4 nitrogen and oxygen atoms in total. The van der Waals surface area contributed by atoms with Gasteiger partial charge in [0.05, 0.1) is 0 Å². The third-order valence-electron chi connectivity index (χ3n) is 1.37. The minimum Gasteiger partial charge on any atom is -0.476 e. The fourth-order valence-electron chi connectivity index (χ4n) is 0.843. The minimum absolute atomic E-state index is 0.0116. The molecule has 0 aromatic carbocycles. The number of carboxylic acids is 1. The van der Waals surface area contributed by atoms with Crippen molar-refractivity contribution in [3.8, 4) is 0 Å². The van der Waals surface area contributed by atoms with Crippen LogP contribution in [-0.2, 0) is 6.42 Å². The SMILES string of the molecule is CCc1c(C(=O)O)n[nH]c1Cl. The van der Waals surface area contributed by atoms with Crippen molar-refractivity contribution in [3.63, 3.8) is 0 Å². The molecule has 11 heavy (non-hydrogen) atoms. The first-order valence-electron chi connectivity index (χ1n) is 3.12. The van der Waals surface area contributed by atoms with E-state index in [1.165, 1.54) is 0 Å². The molecule has 1 aromatic heterocycles. The molecule has 0 aliphatic carbocycles. The fourth-order valence-corrected chi connectivity index (χ4v) is 1.11. The molecule has 0 saturated carbocycles. The second-order valence-electron chi connectivity index (χ2n) is 2.02. The van der Waals surface area contributed by atoms with Crippen molar-refractivity contribution >= 4 is 17.6 Å². The lowest BCUT2D eigenvalue weighted by Gasteiger charge is -1.91. The van der Waals surface area contributed by atoms with Crippen LogP contribution >= 0.6 is 11.6 Å². The topological polar surface area (TPSA) is 66.0 Å². The van der Waals surface area contributed by atoms with Gasteiger partial charge < -0.3 is 5.11 Å². The Labute approximate surface area is 68.2 Å². The molecule has 0 spiro atoms. The lowest BCUT2D eigenvalue weighted by molar-refractivity contribution is 0.0689. The number of hydrogen-bond donors (Lipinski definition) is 2. The van der Waals surface area contributed by atoms with E-state index in [1.807, 2.05) is 6.92 Å². The van der Waals surface area contributed by atoms with E-state index in [1.54, 1.807) is 0 Å². The predicted octanol–water partition coefficient (Wildman–Crippen LogP) is 1.32. The normalized spacial score (nSPS) is 10.0. The number of aromatic nitrogens is 2. The Morgan fingerprint density at radius 1 is 1.82 bits per heavy atom. The summed E-state index contributed by atoms with van der Waals surface area (Å²) in [5.41, 5.74) is 0.566. The number of rotatable bonds is 2. The Kier molecular flexibility index (Phi) is 2.14. The van der Waals surface area contributed by atoms with Crippen LogP contribution in [0.3, 0.4) is 0 Å². The van der Waals surface area contributed by atoms with Crippen molar-refractivity contribution in [1.29, 1.82) is 0 Å². The first-order valence-corrected chi connectivity index (χ1v) is 3.50. The number of carboxylic acid groups (broad SMARTS) is 1. The molecule has 0 bridgehead atoms. The predicted molar refractivity (Wildman–Crippen MR) is 39.9 cm³/mol. The molecule has 0 atom stereocenters. The summed E-state index contributed by atoms with van der Waals surface area (Å²) in [4.78, 5) is 10.5. The molecule has 60 valence electrons. The second-order valence-corrected chi connectivity index (χ2v) is 2.40. The van der Waals surface area contributed by atoms with Crippen molar-refractivity contribution in [1.82, 2.24) is 10.2 Å². The molecule has 0 unspecified atom stereocenters. The van der Waals surface area contributed by atoms with Gasteiger partial charge in [0.25, 0.3) is 0 Å². The van der Waals surface area contributed by atoms with Gasteiger partial charge in [-0.25, -0.2) is 4.79 Å². The second kappa shape index (κ2) is 2.92. The largest absolute Gasteiger partial charge is 0.476 e. The number of H-pyrrole nitrogens is 1. The number of halogens is 1. The minimum atomic E-state index is -1.05. The van der Waals surface area contributed by atoms with Gasteiger partial charge in [0.1, 0.15) is 5.15 Å². The number of nitrogens with one attached hydrogen (secondary N) is 1. The Morgan fingerprint density at radius 2 is 2.45 bits per heavy atom. The standard InChI is InChI=1S/C6H7ClN2O2/c1-2-3-4(6(10)11)8-9-5(3)7/h2H2,1H3,(H,8,9)(H,10,11). The van der Waals surface area contributed by atoms with Gasteiger partial charge in [-0.3, -0.25) is 5.10 Å². The van der Waals surface area contributed by atoms with Gasteiger partial charge in [-0.1, -0.05) is 18.5 Å². The van der Waals surface area contributed by atoms with Crippen LogP contribution in [0.15, 0.2) is 0 Å². The maximum atomic E-state index is 10.5. The first kappa shape index (κ1) is 8.07. The van der Waals surface area contributed by atoms with E-state index < -0.39 is 5.97 Å². The van der Waals surface area contributed by atoms with Crippen molar-refractivity contribution in [2.75, 3.05) is 0 Å². The van der Waals surface area contributed by atoms with Gasteiger partial charge in [0.2, 0.25) is 0 Å². The highest BCUT2D eigenvalue weighted by Crippen LogP contribution is 2.16. The molecular formula is C6H7ClN2O2. The summed E-state index contributed by atoms with van der Waals surface area (Å²) in [5.74, 6) is -1.05. The summed E-state index contributed by atoms with van der Waals surface area (Å²) in [6.07, 6.45) is 0.566. The summed E-state index contributed by atoms with van der Waals surface area (Å²) in [6, 6.07) is 0. The summed E-state index contributed by atoms with van der Waals surface area (Å²) >= 11 is 5.61. The molecule has 1 aromatic rings. The van der Waals surface area contributed by atoms with E-state index in [4.69, 9.17) is 16.7 Å². The Balaban J connectivity index is 3.15. The Bertz CT molecular complexity index is 282. The van der Waals surface area contributed by atoms with Gasteiger partial charge in [-0.15, -0.1) is 0 Å². The highest BCUT2D eigenvalue weighted by Gasteiger charge is 2.15. The van der Waals surface area contributed by atoms with Crippen LogP contribution in [0.5, 0.6) is 0 Å². The molecule has 1 rings (SSSR count). The number of aromatic amines is 1. The summed E-state index contributed by atoms with van der Waals surface area (Å²) < 4.78 is 0. The molecule has 0 fully saturated rings. The lowest BCUT2D eigenvalue weighted by atomic mass is 10.2. The van der Waals surface area contributed by atoms with Crippen LogP contribution in [-0.4, -0.2) is 21.3 Å². The first-order chi connectivity index (χ1) is 5.16. The van der Waals surface area contributed by atoms with Crippen LogP contribution in [0.4, 0.5) is 0 Å². The van der Waals surface area contributed by atoms with Gasteiger partial charge >= 0.3 is 5.97 Å². The van der Waals surface area contributed by atoms with Gasteiger partial charge in [-0.2, -0.15) is 5.10 Å². The van der Waals surface area contributed by atoms with E-state index in [2.05, 4.69) is 10.2 Å². The van der Waals surface area contributed by atoms with Gasteiger partial charge in [0.15, 0.2) is 5.69 Å². The van der Waals surface area contributed by atoms with E-state index in [-0.39, 0.29) is 5.69 Å². The van der Waals surface area contributed by atoms with Gasteiger partial charge in [0, 0.05) is 5.56 Å². The average molecular weight is 175 g/mol. The zero-order valence-electron chi connectivity index (χ0n) is 5.89. The summed E-state index contributed by atoms with van der Waals surface area (Å²) in [7, 11) is 0. The summed E-state index contributed by atoms with van der Waals surface area (Å²) in [6.45, 7) is 1.82. The van der Waals surface area contributed by atoms with E-state index in [9.17, 15) is 4.79 Å². The number of carbonyl (C=O) groups is 1.